The highest BCUT2D eigenvalue weighted by Crippen LogP contribution is 2.52. The molecule has 6 aromatic rings. The summed E-state index contributed by atoms with van der Waals surface area (Å²) in [4.78, 5) is 26.2. The Balaban J connectivity index is 1.21. The molecule has 2 heterocycles. The van der Waals surface area contributed by atoms with Crippen LogP contribution < -0.4 is 4.90 Å². The van der Waals surface area contributed by atoms with Gasteiger partial charge in [-0.3, -0.25) is 14.1 Å². The van der Waals surface area contributed by atoms with Crippen LogP contribution in [0.15, 0.2) is 173 Å². The topological polar surface area (TPSA) is 113 Å². The minimum atomic E-state index is -4.41. The molecule has 0 aromatic heterocycles. The molecule has 0 fully saturated rings. The lowest BCUT2D eigenvalue weighted by Gasteiger charge is -2.27. The van der Waals surface area contributed by atoms with Gasteiger partial charge in [0, 0.05) is 54.3 Å². The first-order chi connectivity index (χ1) is 32.9. The molecule has 0 radical (unpaired) electrons. The summed E-state index contributed by atoms with van der Waals surface area (Å²) in [5.74, 6) is -0.742. The second-order valence-corrected chi connectivity index (χ2v) is 20.8. The number of nitrogens with zero attached hydrogens (tertiary/aromatic N) is 2. The summed E-state index contributed by atoms with van der Waals surface area (Å²) < 4.78 is 47.6. The predicted octanol–water partition coefficient (Wildman–Crippen LogP) is 12.1. The summed E-state index contributed by atoms with van der Waals surface area (Å²) in [7, 11) is -4.41. The van der Waals surface area contributed by atoms with E-state index in [-0.39, 0.29) is 41.4 Å². The Morgan fingerprint density at radius 3 is 2.01 bits per heavy atom. The number of carbonyl (C=O) groups is 2. The van der Waals surface area contributed by atoms with Gasteiger partial charge in [-0.05, 0) is 119 Å². The molecule has 6 aromatic carbocycles. The Bertz CT molecular complexity index is 3280. The van der Waals surface area contributed by atoms with Gasteiger partial charge in [0.15, 0.2) is 18.9 Å². The smallest absolute Gasteiger partial charge is 0.302 e. The standard InChI is InChI=1S/C59H58N2O7S/c1-38-18-26-48-45(36-38)21-28-50-56(48)58(4,5)52(60(50)32-34-67-39(2)62)30-23-43-19-20-44(55(43)54(41-14-10-8-11-15-41)42-16-12-9-13-17-42)24-31-53-59(6,7)57-49-27-25-47(69(64,65)66)37-46(49)22-29-51(57)61(53)33-35-68-40(3)63/h8-18,21-31,36-37,54H,19-20,32-35H2,1-7H3/p+1. The van der Waals surface area contributed by atoms with Crippen molar-refractivity contribution in [3.05, 3.63) is 196 Å². The van der Waals surface area contributed by atoms with Gasteiger partial charge in [0.25, 0.3) is 10.1 Å². The maximum absolute atomic E-state index is 12.2. The molecule has 0 spiro atoms. The fourth-order valence-corrected chi connectivity index (χ4v) is 11.6. The zero-order valence-corrected chi connectivity index (χ0v) is 41.2. The monoisotopic (exact) mass is 939 g/mol. The molecule has 10 heteroatoms. The Kier molecular flexibility index (Phi) is 12.7. The number of fused-ring (bicyclic) bond motifs is 6. The van der Waals surface area contributed by atoms with E-state index in [9.17, 15) is 22.6 Å². The molecule has 0 saturated heterocycles. The van der Waals surface area contributed by atoms with E-state index >= 15 is 0 Å². The minimum absolute atomic E-state index is 0.0833. The summed E-state index contributed by atoms with van der Waals surface area (Å²) in [5.41, 5.74) is 12.8. The fourth-order valence-electron chi connectivity index (χ4n) is 11.1. The SMILES string of the molecule is CC(=O)OCCN1/C(=C/C=C2\CCC(/C=C/C3=[N+](CCOC(C)=O)c4ccc5cc(S(=O)(=O)O)ccc5c4C3(C)C)=C2C(c2ccccc2)c2ccccc2)C(C)(C)c2c1ccc1cc(C)ccc21. The van der Waals surface area contributed by atoms with Crippen LogP contribution in [0.3, 0.4) is 0 Å². The van der Waals surface area contributed by atoms with Gasteiger partial charge >= 0.3 is 11.9 Å². The number of anilines is 1. The number of esters is 2. The molecule has 0 bridgehead atoms. The lowest BCUT2D eigenvalue weighted by atomic mass is 9.78. The zero-order valence-electron chi connectivity index (χ0n) is 40.4. The van der Waals surface area contributed by atoms with Crippen LogP contribution in [-0.4, -0.2) is 61.5 Å². The second-order valence-electron chi connectivity index (χ2n) is 19.4. The third-order valence-electron chi connectivity index (χ3n) is 14.1. The maximum Gasteiger partial charge on any atom is 0.302 e. The Hall–Kier alpha value is -6.88. The number of benzene rings is 6. The molecular weight excluding hydrogens is 881 g/mol. The van der Waals surface area contributed by atoms with Crippen LogP contribution in [0.2, 0.25) is 0 Å². The minimum Gasteiger partial charge on any atom is -0.464 e. The van der Waals surface area contributed by atoms with Gasteiger partial charge in [-0.15, -0.1) is 0 Å². The molecule has 0 amide bonds. The molecule has 352 valence electrons. The lowest BCUT2D eigenvalue weighted by Crippen LogP contribution is -2.29. The van der Waals surface area contributed by atoms with Crippen molar-refractivity contribution in [2.75, 3.05) is 31.2 Å². The third-order valence-corrected chi connectivity index (χ3v) is 15.0. The number of ether oxygens (including phenoxy) is 2. The van der Waals surface area contributed by atoms with Crippen LogP contribution in [0.25, 0.3) is 21.5 Å². The summed E-state index contributed by atoms with van der Waals surface area (Å²) in [6.07, 6.45) is 10.7. The first-order valence-corrected chi connectivity index (χ1v) is 25.1. The number of hydrogen-bond acceptors (Lipinski definition) is 7. The number of allylic oxidation sites excluding steroid dienone is 8. The molecular formula is C59H59N2O7S+. The van der Waals surface area contributed by atoms with Gasteiger partial charge in [0.2, 0.25) is 5.69 Å². The van der Waals surface area contributed by atoms with Gasteiger partial charge in [0.05, 0.1) is 16.9 Å². The zero-order chi connectivity index (χ0) is 48.8. The van der Waals surface area contributed by atoms with Gasteiger partial charge in [-0.1, -0.05) is 123 Å². The van der Waals surface area contributed by atoms with Crippen molar-refractivity contribution in [3.63, 3.8) is 0 Å². The average molecular weight is 940 g/mol. The van der Waals surface area contributed by atoms with E-state index in [1.807, 2.05) is 12.1 Å². The van der Waals surface area contributed by atoms with Crippen molar-refractivity contribution in [2.24, 2.45) is 0 Å². The summed E-state index contributed by atoms with van der Waals surface area (Å²) >= 11 is 0. The second kappa shape index (κ2) is 18.6. The van der Waals surface area contributed by atoms with Crippen LogP contribution in [0.1, 0.15) is 88.1 Å². The van der Waals surface area contributed by atoms with Crippen molar-refractivity contribution in [1.82, 2.24) is 0 Å². The third kappa shape index (κ3) is 8.99. The quantitative estimate of drug-likeness (QED) is 0.0692. The molecule has 3 aliphatic rings. The summed E-state index contributed by atoms with van der Waals surface area (Å²) in [6.45, 7) is 15.3. The summed E-state index contributed by atoms with van der Waals surface area (Å²) in [5, 5.41) is 3.98. The first kappa shape index (κ1) is 47.2. The highest BCUT2D eigenvalue weighted by atomic mass is 32.2. The van der Waals surface area contributed by atoms with Crippen molar-refractivity contribution in [1.29, 1.82) is 0 Å². The van der Waals surface area contributed by atoms with E-state index < -0.39 is 15.5 Å². The van der Waals surface area contributed by atoms with Crippen molar-refractivity contribution >= 4 is 60.7 Å². The fraction of sp³-hybridized carbons (Fsp3) is 0.271. The molecule has 1 N–H and O–H groups in total. The highest BCUT2D eigenvalue weighted by Gasteiger charge is 2.46. The molecule has 9 nitrogen and oxygen atoms in total. The van der Waals surface area contributed by atoms with Gasteiger partial charge in [0.1, 0.15) is 6.61 Å². The molecule has 0 saturated carbocycles. The molecule has 1 aliphatic carbocycles. The van der Waals surface area contributed by atoms with E-state index in [2.05, 4.69) is 159 Å². The normalized spacial score (nSPS) is 17.6. The first-order valence-electron chi connectivity index (χ1n) is 23.7. The van der Waals surface area contributed by atoms with Gasteiger partial charge in [-0.25, -0.2) is 0 Å². The number of aryl methyl sites for hydroxylation is 1. The van der Waals surface area contributed by atoms with E-state index in [1.165, 1.54) is 75.7 Å². The van der Waals surface area contributed by atoms with E-state index in [1.54, 1.807) is 6.07 Å². The van der Waals surface area contributed by atoms with E-state index in [0.717, 1.165) is 46.6 Å². The number of hydrogen-bond donors (Lipinski definition) is 1. The maximum atomic E-state index is 12.2. The van der Waals surface area contributed by atoms with Gasteiger partial charge < -0.3 is 14.4 Å². The summed E-state index contributed by atoms with van der Waals surface area (Å²) in [6, 6.07) is 41.0. The molecule has 0 unspecified atom stereocenters. The predicted molar refractivity (Wildman–Crippen MR) is 275 cm³/mol. The van der Waals surface area contributed by atoms with Crippen LogP contribution in [-0.2, 0) is 40.0 Å². The van der Waals surface area contributed by atoms with Crippen molar-refractivity contribution < 1.29 is 36.6 Å². The largest absolute Gasteiger partial charge is 0.464 e. The highest BCUT2D eigenvalue weighted by molar-refractivity contribution is 7.85. The van der Waals surface area contributed by atoms with E-state index in [4.69, 9.17) is 9.47 Å². The Morgan fingerprint density at radius 2 is 1.35 bits per heavy atom. The van der Waals surface area contributed by atoms with Crippen LogP contribution in [0.4, 0.5) is 11.4 Å². The molecule has 9 rings (SSSR count). The van der Waals surface area contributed by atoms with Crippen molar-refractivity contribution in [2.45, 2.75) is 83.0 Å². The van der Waals surface area contributed by atoms with E-state index in [0.29, 0.717) is 18.5 Å². The lowest BCUT2D eigenvalue weighted by molar-refractivity contribution is -0.440. The molecule has 0 atom stereocenters. The van der Waals surface area contributed by atoms with Crippen molar-refractivity contribution in [3.8, 4) is 0 Å². The van der Waals surface area contributed by atoms with Crippen LogP contribution >= 0.6 is 0 Å². The Labute approximate surface area is 405 Å². The average Bonchev–Trinajstić information content (AvgIpc) is 3.88. The number of carbonyl (C=O) groups excluding carboxylic acids is 2. The number of rotatable bonds is 13. The van der Waals surface area contributed by atoms with Crippen LogP contribution in [0.5, 0.6) is 0 Å². The molecule has 2 aliphatic heterocycles. The molecule has 69 heavy (non-hydrogen) atoms. The van der Waals surface area contributed by atoms with Crippen LogP contribution in [0, 0.1) is 6.92 Å². The Morgan fingerprint density at radius 1 is 0.725 bits per heavy atom. The van der Waals surface area contributed by atoms with Gasteiger partial charge in [-0.2, -0.15) is 13.0 Å².